The molecule has 7 heteroatoms. The Hall–Kier alpha value is -0.850. The van der Waals surface area contributed by atoms with E-state index in [1.165, 1.54) is 19.3 Å². The molecule has 2 unspecified atom stereocenters. The summed E-state index contributed by atoms with van der Waals surface area (Å²) in [6.07, 6.45) is 5.18. The van der Waals surface area contributed by atoms with Crippen LogP contribution in [0.5, 0.6) is 0 Å². The number of nitrogens with two attached hydrogens (primary N) is 1. The first-order valence-electron chi connectivity index (χ1n) is 6.98. The van der Waals surface area contributed by atoms with Crippen LogP contribution in [-0.2, 0) is 14.3 Å². The van der Waals surface area contributed by atoms with E-state index in [-0.39, 0.29) is 37.3 Å². The minimum absolute atomic E-state index is 0. The Kier molecular flexibility index (Phi) is 10.4. The number of hydrogen-bond donors (Lipinski definition) is 3. The second kappa shape index (κ2) is 10.9. The zero-order valence-corrected chi connectivity index (χ0v) is 12.8. The van der Waals surface area contributed by atoms with E-state index >= 15 is 0 Å². The monoisotopic (exact) mass is 307 g/mol. The fourth-order valence-corrected chi connectivity index (χ4v) is 2.24. The van der Waals surface area contributed by atoms with Gasteiger partial charge in [0.05, 0.1) is 25.8 Å². The summed E-state index contributed by atoms with van der Waals surface area (Å²) in [4.78, 5) is 22.2. The van der Waals surface area contributed by atoms with Gasteiger partial charge in [-0.3, -0.25) is 9.59 Å². The Morgan fingerprint density at radius 1 is 1.20 bits per heavy atom. The SMILES string of the molecule is CC1CCCCC1OCCNC(=O)CNC(=O)CN.Cl. The molecule has 0 bridgehead atoms. The minimum Gasteiger partial charge on any atom is -0.376 e. The first kappa shape index (κ1) is 19.1. The summed E-state index contributed by atoms with van der Waals surface area (Å²) in [6.45, 7) is 3.07. The largest absolute Gasteiger partial charge is 0.376 e. The van der Waals surface area contributed by atoms with E-state index < -0.39 is 0 Å². The van der Waals surface area contributed by atoms with Gasteiger partial charge < -0.3 is 21.1 Å². The molecule has 2 atom stereocenters. The van der Waals surface area contributed by atoms with Crippen LogP contribution < -0.4 is 16.4 Å². The number of carbonyl (C=O) groups is 2. The van der Waals surface area contributed by atoms with E-state index in [0.29, 0.717) is 25.2 Å². The van der Waals surface area contributed by atoms with E-state index in [4.69, 9.17) is 10.5 Å². The molecule has 2 amide bonds. The van der Waals surface area contributed by atoms with Gasteiger partial charge in [-0.1, -0.05) is 19.8 Å². The van der Waals surface area contributed by atoms with Crippen LogP contribution in [-0.4, -0.2) is 44.2 Å². The van der Waals surface area contributed by atoms with Gasteiger partial charge in [0.2, 0.25) is 11.8 Å². The van der Waals surface area contributed by atoms with Crippen molar-refractivity contribution in [3.63, 3.8) is 0 Å². The third-order valence-electron chi connectivity index (χ3n) is 3.42. The Bertz CT molecular complexity index is 303. The summed E-state index contributed by atoms with van der Waals surface area (Å²) in [6, 6.07) is 0. The third-order valence-corrected chi connectivity index (χ3v) is 3.42. The highest BCUT2D eigenvalue weighted by molar-refractivity contribution is 5.85. The number of amides is 2. The van der Waals surface area contributed by atoms with Crippen molar-refractivity contribution in [2.75, 3.05) is 26.2 Å². The quantitative estimate of drug-likeness (QED) is 0.586. The minimum atomic E-state index is -0.331. The van der Waals surface area contributed by atoms with E-state index in [1.54, 1.807) is 0 Å². The predicted molar refractivity (Wildman–Crippen MR) is 79.7 cm³/mol. The topological polar surface area (TPSA) is 93.5 Å². The average molecular weight is 308 g/mol. The third kappa shape index (κ3) is 7.67. The first-order valence-corrected chi connectivity index (χ1v) is 6.98. The Morgan fingerprint density at radius 3 is 2.55 bits per heavy atom. The van der Waals surface area contributed by atoms with Crippen molar-refractivity contribution in [3.8, 4) is 0 Å². The number of rotatable bonds is 7. The molecule has 1 aliphatic carbocycles. The molecule has 1 rings (SSSR count). The summed E-state index contributed by atoms with van der Waals surface area (Å²) >= 11 is 0. The first-order chi connectivity index (χ1) is 9.13. The van der Waals surface area contributed by atoms with Crippen molar-refractivity contribution in [2.24, 2.45) is 11.7 Å². The van der Waals surface area contributed by atoms with Gasteiger partial charge in [-0.25, -0.2) is 0 Å². The fourth-order valence-electron chi connectivity index (χ4n) is 2.24. The number of halogens is 1. The predicted octanol–water partition coefficient (Wildman–Crippen LogP) is 0.195. The second-order valence-electron chi connectivity index (χ2n) is 5.00. The van der Waals surface area contributed by atoms with Crippen molar-refractivity contribution in [1.82, 2.24) is 10.6 Å². The molecule has 1 saturated carbocycles. The molecule has 6 nitrogen and oxygen atoms in total. The standard InChI is InChI=1S/C13H25N3O3.ClH/c1-10-4-2-3-5-11(10)19-7-6-15-13(18)9-16-12(17)8-14;/h10-11H,2-9,14H2,1H3,(H,15,18)(H,16,17);1H. The maximum Gasteiger partial charge on any atom is 0.239 e. The molecular formula is C13H26ClN3O3. The summed E-state index contributed by atoms with van der Waals surface area (Å²) in [5, 5.41) is 5.11. The molecule has 0 aliphatic heterocycles. The van der Waals surface area contributed by atoms with Crippen molar-refractivity contribution in [1.29, 1.82) is 0 Å². The zero-order chi connectivity index (χ0) is 14.1. The smallest absolute Gasteiger partial charge is 0.239 e. The van der Waals surface area contributed by atoms with Gasteiger partial charge in [0.1, 0.15) is 0 Å². The number of hydrogen-bond acceptors (Lipinski definition) is 4. The molecule has 1 aliphatic rings. The Labute approximate surface area is 126 Å². The lowest BCUT2D eigenvalue weighted by Gasteiger charge is -2.28. The van der Waals surface area contributed by atoms with Crippen LogP contribution in [0.2, 0.25) is 0 Å². The highest BCUT2D eigenvalue weighted by Crippen LogP contribution is 2.25. The number of ether oxygens (including phenoxy) is 1. The Balaban J connectivity index is 0.00000361. The van der Waals surface area contributed by atoms with Gasteiger partial charge in [-0.05, 0) is 18.8 Å². The van der Waals surface area contributed by atoms with E-state index in [9.17, 15) is 9.59 Å². The van der Waals surface area contributed by atoms with Crippen molar-refractivity contribution >= 4 is 24.2 Å². The van der Waals surface area contributed by atoms with Gasteiger partial charge in [-0.15, -0.1) is 12.4 Å². The molecule has 0 aromatic carbocycles. The lowest BCUT2D eigenvalue weighted by molar-refractivity contribution is -0.125. The second-order valence-corrected chi connectivity index (χ2v) is 5.00. The van der Waals surface area contributed by atoms with Gasteiger partial charge in [0, 0.05) is 6.54 Å². The van der Waals surface area contributed by atoms with Gasteiger partial charge >= 0.3 is 0 Å². The van der Waals surface area contributed by atoms with E-state index in [0.717, 1.165) is 6.42 Å². The van der Waals surface area contributed by atoms with Crippen LogP contribution in [0.3, 0.4) is 0 Å². The van der Waals surface area contributed by atoms with Crippen molar-refractivity contribution in [2.45, 2.75) is 38.7 Å². The summed E-state index contributed by atoms with van der Waals surface area (Å²) in [5.74, 6) is 0.0535. The molecule has 0 spiro atoms. The van der Waals surface area contributed by atoms with Crippen molar-refractivity contribution in [3.05, 3.63) is 0 Å². The lowest BCUT2D eigenvalue weighted by atomic mass is 9.88. The van der Waals surface area contributed by atoms with E-state index in [1.807, 2.05) is 0 Å². The number of nitrogens with one attached hydrogen (secondary N) is 2. The van der Waals surface area contributed by atoms with Gasteiger partial charge in [-0.2, -0.15) is 0 Å². The molecular weight excluding hydrogens is 282 g/mol. The molecule has 0 aromatic rings. The molecule has 118 valence electrons. The van der Waals surface area contributed by atoms with Crippen LogP contribution in [0, 0.1) is 5.92 Å². The lowest BCUT2D eigenvalue weighted by Crippen LogP contribution is -2.40. The summed E-state index contributed by atoms with van der Waals surface area (Å²) in [7, 11) is 0. The van der Waals surface area contributed by atoms with Crippen LogP contribution in [0.4, 0.5) is 0 Å². The molecule has 4 N–H and O–H groups in total. The fraction of sp³-hybridized carbons (Fsp3) is 0.846. The van der Waals surface area contributed by atoms with E-state index in [2.05, 4.69) is 17.6 Å². The highest BCUT2D eigenvalue weighted by atomic mass is 35.5. The summed E-state index contributed by atoms with van der Waals surface area (Å²) < 4.78 is 5.77. The number of carbonyl (C=O) groups excluding carboxylic acids is 2. The molecule has 0 heterocycles. The highest BCUT2D eigenvalue weighted by Gasteiger charge is 2.21. The molecule has 1 fully saturated rings. The average Bonchev–Trinajstić information content (AvgIpc) is 2.42. The van der Waals surface area contributed by atoms with Gasteiger partial charge in [0.25, 0.3) is 0 Å². The van der Waals surface area contributed by atoms with Crippen molar-refractivity contribution < 1.29 is 14.3 Å². The maximum absolute atomic E-state index is 11.4. The molecule has 20 heavy (non-hydrogen) atoms. The summed E-state index contributed by atoms with van der Waals surface area (Å²) in [5.41, 5.74) is 5.11. The molecule has 0 saturated heterocycles. The van der Waals surface area contributed by atoms with Crippen LogP contribution in [0.15, 0.2) is 0 Å². The normalized spacial score (nSPS) is 21.7. The van der Waals surface area contributed by atoms with Crippen LogP contribution in [0.25, 0.3) is 0 Å². The zero-order valence-electron chi connectivity index (χ0n) is 12.0. The van der Waals surface area contributed by atoms with Crippen LogP contribution in [0.1, 0.15) is 32.6 Å². The molecule has 0 radical (unpaired) electrons. The van der Waals surface area contributed by atoms with Crippen LogP contribution >= 0.6 is 12.4 Å². The maximum atomic E-state index is 11.4. The molecule has 0 aromatic heterocycles. The Morgan fingerprint density at radius 2 is 1.90 bits per heavy atom. The van der Waals surface area contributed by atoms with Gasteiger partial charge in [0.15, 0.2) is 0 Å².